The molecule has 6 rings (SSSR count). The Balaban J connectivity index is 1.31. The highest BCUT2D eigenvalue weighted by atomic mass is 35.5. The minimum absolute atomic E-state index is 0.0430. The van der Waals surface area contributed by atoms with Crippen molar-refractivity contribution in [1.29, 1.82) is 0 Å². The van der Waals surface area contributed by atoms with Gasteiger partial charge in [0, 0.05) is 46.8 Å². The molecule has 1 aliphatic rings. The first-order chi connectivity index (χ1) is 23.8. The predicted octanol–water partition coefficient (Wildman–Crippen LogP) is 7.15. The topological polar surface area (TPSA) is 148 Å². The highest BCUT2D eigenvalue weighted by Crippen LogP contribution is 2.42. The fraction of sp³-hybridized carbons (Fsp3) is 0.278. The van der Waals surface area contributed by atoms with Crippen molar-refractivity contribution in [2.24, 2.45) is 0 Å². The molecule has 4 heterocycles. The molecule has 0 spiro atoms. The molecule has 0 bridgehead atoms. The van der Waals surface area contributed by atoms with Crippen LogP contribution in [0.25, 0.3) is 39.3 Å². The SMILES string of the molecule is COc1nc(-c2cccc(-c3cccc(-c4ccc5nc(C(=O)O)cn5n4)c3Cl)c2Cl)ccc1CN(C[C@@H]1CCC(=O)N1)C(=O)OC(C)(C)C. The number of nitrogens with zero attached hydrogens (tertiary/aromatic N) is 5. The Morgan fingerprint density at radius 3 is 2.20 bits per heavy atom. The smallest absolute Gasteiger partial charge is 0.410 e. The summed E-state index contributed by atoms with van der Waals surface area (Å²) in [5, 5.41) is 17.6. The molecule has 0 radical (unpaired) electrons. The van der Waals surface area contributed by atoms with Crippen molar-refractivity contribution in [2.45, 2.75) is 51.8 Å². The second-order valence-corrected chi connectivity index (χ2v) is 13.6. The number of carbonyl (C=O) groups excluding carboxylic acids is 2. The van der Waals surface area contributed by atoms with Crippen molar-refractivity contribution in [3.63, 3.8) is 0 Å². The Morgan fingerprint density at radius 1 is 0.960 bits per heavy atom. The molecule has 12 nitrogen and oxygen atoms in total. The van der Waals surface area contributed by atoms with E-state index in [1.165, 1.54) is 17.8 Å². The summed E-state index contributed by atoms with van der Waals surface area (Å²) in [6, 6.07) is 17.9. The lowest BCUT2D eigenvalue weighted by atomic mass is 9.98. The van der Waals surface area contributed by atoms with Gasteiger partial charge in [-0.2, -0.15) is 5.10 Å². The molecular formula is C36H34Cl2N6O6. The minimum Gasteiger partial charge on any atom is -0.481 e. The quantitative estimate of drug-likeness (QED) is 0.162. The number of nitrogens with one attached hydrogen (secondary N) is 1. The van der Waals surface area contributed by atoms with Crippen LogP contribution in [0.4, 0.5) is 4.79 Å². The van der Waals surface area contributed by atoms with Gasteiger partial charge in [0.2, 0.25) is 11.8 Å². The van der Waals surface area contributed by atoms with Crippen LogP contribution in [0.1, 0.15) is 49.7 Å². The van der Waals surface area contributed by atoms with E-state index in [2.05, 4.69) is 15.4 Å². The van der Waals surface area contributed by atoms with E-state index in [9.17, 15) is 19.5 Å². The van der Waals surface area contributed by atoms with Crippen LogP contribution in [0.3, 0.4) is 0 Å². The number of aromatic carboxylic acids is 1. The number of methoxy groups -OCH3 is 1. The summed E-state index contributed by atoms with van der Waals surface area (Å²) in [4.78, 5) is 46.9. The average molecular weight is 718 g/mol. The Hall–Kier alpha value is -5.20. The van der Waals surface area contributed by atoms with Crippen LogP contribution < -0.4 is 10.1 Å². The van der Waals surface area contributed by atoms with Gasteiger partial charge in [0.1, 0.15) is 5.60 Å². The normalized spacial score (nSPS) is 14.4. The third-order valence-corrected chi connectivity index (χ3v) is 8.86. The van der Waals surface area contributed by atoms with Gasteiger partial charge in [0.15, 0.2) is 11.3 Å². The van der Waals surface area contributed by atoms with Crippen molar-refractivity contribution in [2.75, 3.05) is 13.7 Å². The summed E-state index contributed by atoms with van der Waals surface area (Å²) in [6.45, 7) is 5.81. The number of aromatic nitrogens is 4. The maximum Gasteiger partial charge on any atom is 0.410 e. The monoisotopic (exact) mass is 716 g/mol. The van der Waals surface area contributed by atoms with E-state index >= 15 is 0 Å². The molecule has 5 aromatic rings. The summed E-state index contributed by atoms with van der Waals surface area (Å²) in [5.74, 6) is -0.884. The second kappa shape index (κ2) is 14.0. The number of carbonyl (C=O) groups is 3. The molecule has 2 N–H and O–H groups in total. The number of pyridine rings is 1. The number of hydrogen-bond donors (Lipinski definition) is 2. The molecule has 1 aliphatic heterocycles. The Bertz CT molecular complexity index is 2130. The number of fused-ring (bicyclic) bond motifs is 1. The van der Waals surface area contributed by atoms with Crippen molar-refractivity contribution in [3.8, 4) is 39.5 Å². The molecular weight excluding hydrogens is 683 g/mol. The van der Waals surface area contributed by atoms with Gasteiger partial charge in [-0.3, -0.25) is 4.79 Å². The molecule has 2 aromatic carbocycles. The minimum atomic E-state index is -1.15. The van der Waals surface area contributed by atoms with E-state index in [0.29, 0.717) is 73.6 Å². The van der Waals surface area contributed by atoms with Crippen LogP contribution in [0.5, 0.6) is 5.88 Å². The number of benzene rings is 2. The van der Waals surface area contributed by atoms with Gasteiger partial charge >= 0.3 is 12.1 Å². The number of amides is 2. The summed E-state index contributed by atoms with van der Waals surface area (Å²) >= 11 is 14.0. The van der Waals surface area contributed by atoms with Crippen molar-refractivity contribution in [1.82, 2.24) is 29.8 Å². The Kier molecular flexibility index (Phi) is 9.68. The molecule has 0 aliphatic carbocycles. The highest BCUT2D eigenvalue weighted by Gasteiger charge is 2.29. The lowest BCUT2D eigenvalue weighted by Crippen LogP contribution is -2.43. The van der Waals surface area contributed by atoms with E-state index in [4.69, 9.17) is 37.7 Å². The van der Waals surface area contributed by atoms with Crippen LogP contribution >= 0.6 is 23.2 Å². The first-order valence-electron chi connectivity index (χ1n) is 15.8. The molecule has 1 atom stereocenters. The van der Waals surface area contributed by atoms with Gasteiger partial charge in [0.25, 0.3) is 0 Å². The van der Waals surface area contributed by atoms with Crippen LogP contribution in [-0.2, 0) is 16.1 Å². The Morgan fingerprint density at radius 2 is 1.60 bits per heavy atom. The summed E-state index contributed by atoms with van der Waals surface area (Å²) < 4.78 is 12.8. The number of hydrogen-bond acceptors (Lipinski definition) is 8. The van der Waals surface area contributed by atoms with E-state index in [0.717, 1.165) is 0 Å². The van der Waals surface area contributed by atoms with E-state index in [-0.39, 0.29) is 30.7 Å². The van der Waals surface area contributed by atoms with Gasteiger partial charge in [-0.15, -0.1) is 0 Å². The molecule has 50 heavy (non-hydrogen) atoms. The lowest BCUT2D eigenvalue weighted by Gasteiger charge is -2.29. The third-order valence-electron chi connectivity index (χ3n) is 8.05. The summed E-state index contributed by atoms with van der Waals surface area (Å²) in [6.07, 6.45) is 1.87. The standard InChI is InChI=1S/C36H34Cl2N6O6/c1-36(2,3)50-35(48)43(18-21-12-16-30(45)39-21)17-20-11-13-26(41-33(20)49-4)24-9-5-7-22(31(24)37)23-8-6-10-25(32(23)38)27-14-15-29-40-28(34(46)47)19-44(29)42-27/h5-11,13-15,19,21H,12,16-18H2,1-4H3,(H,39,45)(H,46,47)/t21-/m0/s1. The van der Waals surface area contributed by atoms with Gasteiger partial charge in [0.05, 0.1) is 41.3 Å². The third kappa shape index (κ3) is 7.36. The largest absolute Gasteiger partial charge is 0.481 e. The number of imidazole rings is 1. The number of rotatable bonds is 9. The van der Waals surface area contributed by atoms with Gasteiger partial charge in [-0.05, 0) is 51.5 Å². The maximum absolute atomic E-state index is 13.2. The zero-order valence-electron chi connectivity index (χ0n) is 27.7. The summed E-state index contributed by atoms with van der Waals surface area (Å²) in [5.41, 5.74) is 3.84. The molecule has 1 saturated heterocycles. The van der Waals surface area contributed by atoms with Crippen LogP contribution in [0.15, 0.2) is 66.9 Å². The van der Waals surface area contributed by atoms with E-state index in [1.54, 1.807) is 43.9 Å². The molecule has 0 saturated carbocycles. The van der Waals surface area contributed by atoms with E-state index in [1.807, 2.05) is 42.5 Å². The number of ether oxygens (including phenoxy) is 2. The number of halogens is 2. The first kappa shape index (κ1) is 34.7. The second-order valence-electron chi connectivity index (χ2n) is 12.8. The predicted molar refractivity (Wildman–Crippen MR) is 188 cm³/mol. The van der Waals surface area contributed by atoms with Crippen molar-refractivity contribution < 1.29 is 29.0 Å². The zero-order chi connectivity index (χ0) is 35.7. The highest BCUT2D eigenvalue weighted by molar-refractivity contribution is 6.39. The number of carboxylic acid groups (broad SMARTS) is 1. The van der Waals surface area contributed by atoms with Gasteiger partial charge < -0.3 is 24.8 Å². The lowest BCUT2D eigenvalue weighted by molar-refractivity contribution is -0.119. The Labute approximate surface area is 298 Å². The fourth-order valence-electron chi connectivity index (χ4n) is 5.74. The van der Waals surface area contributed by atoms with Crippen LogP contribution in [0.2, 0.25) is 10.0 Å². The van der Waals surface area contributed by atoms with E-state index < -0.39 is 17.7 Å². The summed E-state index contributed by atoms with van der Waals surface area (Å²) in [7, 11) is 1.51. The molecule has 3 aromatic heterocycles. The van der Waals surface area contributed by atoms with Crippen molar-refractivity contribution in [3.05, 3.63) is 88.2 Å². The van der Waals surface area contributed by atoms with Crippen LogP contribution in [0, 0.1) is 0 Å². The average Bonchev–Trinajstić information content (AvgIpc) is 3.69. The van der Waals surface area contributed by atoms with Crippen LogP contribution in [-0.4, -0.2) is 72.9 Å². The first-order valence-corrected chi connectivity index (χ1v) is 16.6. The van der Waals surface area contributed by atoms with Crippen molar-refractivity contribution >= 4 is 46.8 Å². The molecule has 14 heteroatoms. The zero-order valence-corrected chi connectivity index (χ0v) is 29.2. The molecule has 0 unspecified atom stereocenters. The fourth-order valence-corrected chi connectivity index (χ4v) is 6.39. The van der Waals surface area contributed by atoms with Gasteiger partial charge in [-0.1, -0.05) is 59.6 Å². The maximum atomic E-state index is 13.2. The molecule has 1 fully saturated rings. The number of carboxylic acids is 1. The molecule has 2 amide bonds. The van der Waals surface area contributed by atoms with Gasteiger partial charge in [-0.25, -0.2) is 24.1 Å². The molecule has 258 valence electrons.